The smallest absolute Gasteiger partial charge is 0.179 e. The molecule has 0 radical (unpaired) electrons. The molecule has 0 saturated carbocycles. The lowest BCUT2D eigenvalue weighted by Crippen LogP contribution is -2.43. The molecule has 0 fully saturated rings. The monoisotopic (exact) mass is 313 g/mol. The molecule has 18 heavy (non-hydrogen) atoms. The minimum absolute atomic E-state index is 0.132. The highest BCUT2D eigenvalue weighted by Gasteiger charge is 2.23. The topological polar surface area (TPSA) is 29.5 Å². The standard InChI is InChI=1S/C14H20BrNO2/c1-10(9-18-4)16(3)11(2)14(17)12-5-7-13(15)8-6-12/h5-8,10-11H,9H2,1-4H3. The molecule has 2 unspecified atom stereocenters. The van der Waals surface area contributed by atoms with Gasteiger partial charge in [-0.3, -0.25) is 9.69 Å². The van der Waals surface area contributed by atoms with E-state index in [-0.39, 0.29) is 17.9 Å². The van der Waals surface area contributed by atoms with Gasteiger partial charge in [-0.1, -0.05) is 28.1 Å². The Hall–Kier alpha value is -0.710. The molecular formula is C14H20BrNO2. The fourth-order valence-corrected chi connectivity index (χ4v) is 2.05. The van der Waals surface area contributed by atoms with E-state index in [2.05, 4.69) is 22.9 Å². The maximum Gasteiger partial charge on any atom is 0.179 e. The summed E-state index contributed by atoms with van der Waals surface area (Å²) < 4.78 is 6.10. The van der Waals surface area contributed by atoms with Crippen LogP contribution in [0.2, 0.25) is 0 Å². The largest absolute Gasteiger partial charge is 0.383 e. The van der Waals surface area contributed by atoms with Crippen molar-refractivity contribution in [1.29, 1.82) is 0 Å². The number of likely N-dealkylation sites (N-methyl/N-ethyl adjacent to an activating group) is 1. The normalized spacial score (nSPS) is 14.6. The molecule has 0 spiro atoms. The maximum atomic E-state index is 12.3. The van der Waals surface area contributed by atoms with Gasteiger partial charge >= 0.3 is 0 Å². The van der Waals surface area contributed by atoms with Gasteiger partial charge in [-0.25, -0.2) is 0 Å². The second-order valence-corrected chi connectivity index (χ2v) is 5.43. The Morgan fingerprint density at radius 3 is 2.39 bits per heavy atom. The van der Waals surface area contributed by atoms with Gasteiger partial charge in [0.05, 0.1) is 12.6 Å². The SMILES string of the molecule is COCC(C)N(C)C(C)C(=O)c1ccc(Br)cc1. The number of ketones is 1. The van der Waals surface area contributed by atoms with Gasteiger partial charge in [0.25, 0.3) is 0 Å². The Balaban J connectivity index is 2.74. The summed E-state index contributed by atoms with van der Waals surface area (Å²) in [5.74, 6) is 0.132. The first-order valence-electron chi connectivity index (χ1n) is 5.98. The van der Waals surface area contributed by atoms with Crippen LogP contribution in [0.15, 0.2) is 28.7 Å². The van der Waals surface area contributed by atoms with E-state index in [0.29, 0.717) is 6.61 Å². The van der Waals surface area contributed by atoms with Crippen LogP contribution in [0.4, 0.5) is 0 Å². The van der Waals surface area contributed by atoms with Gasteiger partial charge in [0.15, 0.2) is 5.78 Å². The van der Waals surface area contributed by atoms with Gasteiger partial charge in [0.2, 0.25) is 0 Å². The summed E-state index contributed by atoms with van der Waals surface area (Å²) >= 11 is 3.37. The molecule has 0 bridgehead atoms. The molecule has 1 aromatic carbocycles. The van der Waals surface area contributed by atoms with Crippen molar-refractivity contribution in [1.82, 2.24) is 4.90 Å². The summed E-state index contributed by atoms with van der Waals surface area (Å²) in [7, 11) is 3.62. The number of methoxy groups -OCH3 is 1. The lowest BCUT2D eigenvalue weighted by atomic mass is 10.0. The van der Waals surface area contributed by atoms with Crippen molar-refractivity contribution in [2.75, 3.05) is 20.8 Å². The first kappa shape index (κ1) is 15.3. The van der Waals surface area contributed by atoms with Gasteiger partial charge in [-0.05, 0) is 33.0 Å². The van der Waals surface area contributed by atoms with E-state index in [1.807, 2.05) is 43.1 Å². The van der Waals surface area contributed by atoms with E-state index >= 15 is 0 Å². The van der Waals surface area contributed by atoms with Crippen LogP contribution in [-0.4, -0.2) is 43.5 Å². The summed E-state index contributed by atoms with van der Waals surface area (Å²) in [6.45, 7) is 4.60. The summed E-state index contributed by atoms with van der Waals surface area (Å²) in [5.41, 5.74) is 0.738. The lowest BCUT2D eigenvalue weighted by molar-refractivity contribution is 0.0693. The molecule has 1 rings (SSSR count). The van der Waals surface area contributed by atoms with Crippen molar-refractivity contribution in [2.45, 2.75) is 25.9 Å². The fourth-order valence-electron chi connectivity index (χ4n) is 1.78. The molecule has 0 aliphatic carbocycles. The highest BCUT2D eigenvalue weighted by atomic mass is 79.9. The minimum atomic E-state index is -0.156. The Kier molecular flexibility index (Phi) is 5.99. The van der Waals surface area contributed by atoms with Crippen molar-refractivity contribution in [2.24, 2.45) is 0 Å². The zero-order chi connectivity index (χ0) is 13.7. The number of Topliss-reactive ketones (excluding diaryl/α,β-unsaturated/α-hetero) is 1. The number of hydrogen-bond acceptors (Lipinski definition) is 3. The quantitative estimate of drug-likeness (QED) is 0.756. The summed E-state index contributed by atoms with van der Waals surface area (Å²) in [6.07, 6.45) is 0. The number of benzene rings is 1. The van der Waals surface area contributed by atoms with Crippen molar-refractivity contribution >= 4 is 21.7 Å². The van der Waals surface area contributed by atoms with Crippen LogP contribution in [0.25, 0.3) is 0 Å². The van der Waals surface area contributed by atoms with Crippen LogP contribution in [0, 0.1) is 0 Å². The molecule has 4 heteroatoms. The average molecular weight is 314 g/mol. The summed E-state index contributed by atoms with van der Waals surface area (Å²) in [4.78, 5) is 14.3. The van der Waals surface area contributed by atoms with Gasteiger partial charge in [-0.2, -0.15) is 0 Å². The van der Waals surface area contributed by atoms with Crippen LogP contribution < -0.4 is 0 Å². The van der Waals surface area contributed by atoms with Crippen LogP contribution in [0.5, 0.6) is 0 Å². The maximum absolute atomic E-state index is 12.3. The molecule has 2 atom stereocenters. The number of hydrogen-bond donors (Lipinski definition) is 0. The molecule has 0 heterocycles. The van der Waals surface area contributed by atoms with Gasteiger partial charge in [0.1, 0.15) is 0 Å². The third kappa shape index (κ3) is 3.90. The first-order chi connectivity index (χ1) is 8.47. The molecule has 0 N–H and O–H groups in total. The predicted octanol–water partition coefficient (Wildman–Crippen LogP) is 2.99. The van der Waals surface area contributed by atoms with Gasteiger partial charge < -0.3 is 4.74 Å². The zero-order valence-electron chi connectivity index (χ0n) is 11.3. The number of ether oxygens (including phenoxy) is 1. The highest BCUT2D eigenvalue weighted by Crippen LogP contribution is 2.14. The Morgan fingerprint density at radius 1 is 1.33 bits per heavy atom. The molecule has 0 aliphatic rings. The third-order valence-corrected chi connectivity index (χ3v) is 3.75. The Labute approximate surface area is 117 Å². The zero-order valence-corrected chi connectivity index (χ0v) is 12.9. The number of rotatable bonds is 6. The van der Waals surface area contributed by atoms with Crippen molar-refractivity contribution in [3.63, 3.8) is 0 Å². The van der Waals surface area contributed by atoms with Crippen molar-refractivity contribution in [3.8, 4) is 0 Å². The average Bonchev–Trinajstić information content (AvgIpc) is 2.37. The third-order valence-electron chi connectivity index (χ3n) is 3.22. The van der Waals surface area contributed by atoms with Crippen LogP contribution in [0.3, 0.4) is 0 Å². The number of halogens is 1. The van der Waals surface area contributed by atoms with E-state index < -0.39 is 0 Å². The first-order valence-corrected chi connectivity index (χ1v) is 6.77. The molecule has 3 nitrogen and oxygen atoms in total. The second-order valence-electron chi connectivity index (χ2n) is 4.52. The van der Waals surface area contributed by atoms with Crippen molar-refractivity contribution < 1.29 is 9.53 Å². The summed E-state index contributed by atoms with van der Waals surface area (Å²) in [6, 6.07) is 7.52. The number of carbonyl (C=O) groups excluding carboxylic acids is 1. The summed E-state index contributed by atoms with van der Waals surface area (Å²) in [5, 5.41) is 0. The molecule has 1 aromatic rings. The Morgan fingerprint density at radius 2 is 1.89 bits per heavy atom. The van der Waals surface area contributed by atoms with E-state index in [4.69, 9.17) is 4.74 Å². The number of nitrogens with zero attached hydrogens (tertiary/aromatic N) is 1. The van der Waals surface area contributed by atoms with Gasteiger partial charge in [0, 0.05) is 23.2 Å². The predicted molar refractivity (Wildman–Crippen MR) is 77.0 cm³/mol. The van der Waals surface area contributed by atoms with Gasteiger partial charge in [-0.15, -0.1) is 0 Å². The number of carbonyl (C=O) groups is 1. The van der Waals surface area contributed by atoms with Crippen LogP contribution in [0.1, 0.15) is 24.2 Å². The van der Waals surface area contributed by atoms with E-state index in [1.165, 1.54) is 0 Å². The molecule has 100 valence electrons. The van der Waals surface area contributed by atoms with E-state index in [9.17, 15) is 4.79 Å². The second kappa shape index (κ2) is 7.02. The fraction of sp³-hybridized carbons (Fsp3) is 0.500. The molecular weight excluding hydrogens is 294 g/mol. The lowest BCUT2D eigenvalue weighted by Gasteiger charge is -2.29. The van der Waals surface area contributed by atoms with Crippen molar-refractivity contribution in [3.05, 3.63) is 34.3 Å². The molecule has 0 aliphatic heterocycles. The van der Waals surface area contributed by atoms with Crippen LogP contribution in [-0.2, 0) is 4.74 Å². The van der Waals surface area contributed by atoms with E-state index in [0.717, 1.165) is 10.0 Å². The van der Waals surface area contributed by atoms with E-state index in [1.54, 1.807) is 7.11 Å². The highest BCUT2D eigenvalue weighted by molar-refractivity contribution is 9.10. The molecule has 0 aromatic heterocycles. The Bertz CT molecular complexity index is 391. The minimum Gasteiger partial charge on any atom is -0.383 e. The van der Waals surface area contributed by atoms with Crippen LogP contribution >= 0.6 is 15.9 Å². The molecule has 0 saturated heterocycles. The molecule has 0 amide bonds.